The third kappa shape index (κ3) is 8.04. The first-order valence-electron chi connectivity index (χ1n) is 13.2. The van der Waals surface area contributed by atoms with Crippen molar-refractivity contribution in [3.05, 3.63) is 41.5 Å². The second-order valence-corrected chi connectivity index (χ2v) is 9.86. The van der Waals surface area contributed by atoms with Crippen LogP contribution in [-0.2, 0) is 9.59 Å². The molecule has 188 valence electrons. The van der Waals surface area contributed by atoms with E-state index < -0.39 is 6.04 Å². The maximum absolute atomic E-state index is 13.6. The Morgan fingerprint density at radius 1 is 1.12 bits per heavy atom. The summed E-state index contributed by atoms with van der Waals surface area (Å²) in [6.45, 7) is 3.30. The lowest BCUT2D eigenvalue weighted by Gasteiger charge is -2.33. The molecule has 6 heteroatoms. The summed E-state index contributed by atoms with van der Waals surface area (Å²) in [5.41, 5.74) is 2.18. The Bertz CT molecular complexity index is 802. The van der Waals surface area contributed by atoms with Gasteiger partial charge in [0.05, 0.1) is 6.61 Å². The molecule has 34 heavy (non-hydrogen) atoms. The Labute approximate surface area is 210 Å². The Morgan fingerprint density at radius 3 is 2.53 bits per heavy atom. The van der Waals surface area contributed by atoms with E-state index in [0.29, 0.717) is 13.2 Å². The molecule has 3 rings (SSSR count). The molecule has 1 saturated carbocycles. The number of carbonyl (C=O) groups is 2. The molecule has 0 aliphatic heterocycles. The van der Waals surface area contributed by atoms with E-state index in [-0.39, 0.29) is 23.7 Å². The molecule has 0 radical (unpaired) electrons. The molecule has 1 atom stereocenters. The molecule has 0 unspecified atom stereocenters. The van der Waals surface area contributed by atoms with Crippen LogP contribution in [0.3, 0.4) is 0 Å². The lowest BCUT2D eigenvalue weighted by molar-refractivity contribution is -0.139. The maximum atomic E-state index is 13.6. The fraction of sp³-hybridized carbons (Fsp3) is 0.643. The lowest BCUT2D eigenvalue weighted by atomic mass is 9.94. The number of allylic oxidation sites excluding steroid dienone is 1. The number of nitrogens with zero attached hydrogens (tertiary/aromatic N) is 1. The van der Waals surface area contributed by atoms with Crippen LogP contribution in [0.4, 0.5) is 0 Å². The van der Waals surface area contributed by atoms with E-state index in [9.17, 15) is 9.59 Å². The molecule has 1 fully saturated rings. The van der Waals surface area contributed by atoms with Gasteiger partial charge < -0.3 is 15.0 Å². The normalized spacial score (nSPS) is 17.5. The molecule has 2 aliphatic carbocycles. The second kappa shape index (κ2) is 14.4. The van der Waals surface area contributed by atoms with E-state index in [2.05, 4.69) is 18.3 Å². The summed E-state index contributed by atoms with van der Waals surface area (Å²) in [4.78, 5) is 28.3. The van der Waals surface area contributed by atoms with Gasteiger partial charge in [0.15, 0.2) is 0 Å². The van der Waals surface area contributed by atoms with Gasteiger partial charge in [-0.25, -0.2) is 0 Å². The van der Waals surface area contributed by atoms with Gasteiger partial charge in [-0.3, -0.25) is 9.59 Å². The third-order valence-electron chi connectivity index (χ3n) is 6.97. The molecule has 1 aromatic rings. The van der Waals surface area contributed by atoms with E-state index in [0.717, 1.165) is 69.1 Å². The zero-order valence-corrected chi connectivity index (χ0v) is 21.5. The van der Waals surface area contributed by atoms with Gasteiger partial charge in [-0.1, -0.05) is 56.4 Å². The highest BCUT2D eigenvalue weighted by atomic mass is 35.5. The van der Waals surface area contributed by atoms with Crippen molar-refractivity contribution >= 4 is 23.4 Å². The fourth-order valence-corrected chi connectivity index (χ4v) is 5.10. The maximum Gasteiger partial charge on any atom is 0.247 e. The first-order chi connectivity index (χ1) is 16.6. The van der Waals surface area contributed by atoms with E-state index in [1.165, 1.54) is 24.8 Å². The van der Waals surface area contributed by atoms with Crippen molar-refractivity contribution in [1.29, 1.82) is 0 Å². The Hall–Kier alpha value is -2.01. The van der Waals surface area contributed by atoms with E-state index in [4.69, 9.17) is 16.3 Å². The molecule has 0 aromatic heterocycles. The largest absolute Gasteiger partial charge is 0.494 e. The molecule has 0 saturated heterocycles. The van der Waals surface area contributed by atoms with Crippen molar-refractivity contribution in [2.24, 2.45) is 0 Å². The monoisotopic (exact) mass is 488 g/mol. The fourth-order valence-electron chi connectivity index (χ4n) is 4.95. The van der Waals surface area contributed by atoms with Crippen LogP contribution in [0, 0.1) is 0 Å². The van der Waals surface area contributed by atoms with Gasteiger partial charge in [-0.15, -0.1) is 11.6 Å². The molecule has 0 spiro atoms. The predicted molar refractivity (Wildman–Crippen MR) is 138 cm³/mol. The average Bonchev–Trinajstić information content (AvgIpc) is 2.88. The molecule has 0 bridgehead atoms. The van der Waals surface area contributed by atoms with Crippen LogP contribution in [0.5, 0.6) is 5.75 Å². The number of unbranched alkanes of at least 4 members (excludes halogenated alkanes) is 1. The SMILES string of the molecule is CCCCOc1ccc([C@@H](C(=O)NC2CCCCC2)N(CCC2=CCCCC2)C(=O)CCl)cc1. The zero-order valence-electron chi connectivity index (χ0n) is 20.7. The predicted octanol–water partition coefficient (Wildman–Crippen LogP) is 6.31. The van der Waals surface area contributed by atoms with Crippen LogP contribution < -0.4 is 10.1 Å². The van der Waals surface area contributed by atoms with Gasteiger partial charge in [-0.05, 0) is 69.1 Å². The van der Waals surface area contributed by atoms with Gasteiger partial charge >= 0.3 is 0 Å². The van der Waals surface area contributed by atoms with Gasteiger partial charge in [0.25, 0.3) is 0 Å². The van der Waals surface area contributed by atoms with Gasteiger partial charge in [0.1, 0.15) is 17.7 Å². The average molecular weight is 489 g/mol. The Morgan fingerprint density at radius 2 is 1.88 bits per heavy atom. The van der Waals surface area contributed by atoms with Gasteiger partial charge in [0, 0.05) is 12.6 Å². The number of nitrogens with one attached hydrogen (secondary N) is 1. The number of ether oxygens (including phenoxy) is 1. The molecule has 2 aliphatic rings. The highest BCUT2D eigenvalue weighted by molar-refractivity contribution is 6.27. The quantitative estimate of drug-likeness (QED) is 0.213. The topological polar surface area (TPSA) is 58.6 Å². The first kappa shape index (κ1) is 26.6. The summed E-state index contributed by atoms with van der Waals surface area (Å²) < 4.78 is 5.81. The van der Waals surface area contributed by atoms with Gasteiger partial charge in [-0.2, -0.15) is 0 Å². The van der Waals surface area contributed by atoms with Crippen LogP contribution in [0.25, 0.3) is 0 Å². The first-order valence-corrected chi connectivity index (χ1v) is 13.7. The van der Waals surface area contributed by atoms with Crippen LogP contribution in [-0.4, -0.2) is 41.8 Å². The standard InChI is InChI=1S/C28H41ClN2O3/c1-2-3-20-34-25-16-14-23(15-17-25)27(28(33)30-24-12-8-5-9-13-24)31(26(32)21-29)19-18-22-10-6-4-7-11-22/h10,14-17,24,27H,2-9,11-13,18-21H2,1H3,(H,30,33)/t27-/m0/s1. The van der Waals surface area contributed by atoms with Crippen molar-refractivity contribution in [2.45, 2.75) is 96.1 Å². The Kier molecular flexibility index (Phi) is 11.3. The van der Waals surface area contributed by atoms with Crippen molar-refractivity contribution in [2.75, 3.05) is 19.0 Å². The third-order valence-corrected chi connectivity index (χ3v) is 7.20. The summed E-state index contributed by atoms with van der Waals surface area (Å²) in [5, 5.41) is 3.25. The summed E-state index contributed by atoms with van der Waals surface area (Å²) in [5.74, 6) is 0.337. The number of benzene rings is 1. The minimum absolute atomic E-state index is 0.109. The number of hydrogen-bond acceptors (Lipinski definition) is 3. The highest BCUT2D eigenvalue weighted by Gasteiger charge is 2.32. The lowest BCUT2D eigenvalue weighted by Crippen LogP contribution is -2.47. The molecular formula is C28H41ClN2O3. The number of hydrogen-bond donors (Lipinski definition) is 1. The molecule has 0 heterocycles. The minimum atomic E-state index is -0.693. The van der Waals surface area contributed by atoms with Crippen LogP contribution >= 0.6 is 11.6 Å². The Balaban J connectivity index is 1.81. The van der Waals surface area contributed by atoms with Crippen LogP contribution in [0.15, 0.2) is 35.9 Å². The van der Waals surface area contributed by atoms with Gasteiger partial charge in [0.2, 0.25) is 11.8 Å². The van der Waals surface area contributed by atoms with Crippen molar-refractivity contribution in [3.63, 3.8) is 0 Å². The number of alkyl halides is 1. The summed E-state index contributed by atoms with van der Waals surface area (Å²) in [7, 11) is 0. The molecule has 1 aromatic carbocycles. The molecular weight excluding hydrogens is 448 g/mol. The number of amides is 2. The second-order valence-electron chi connectivity index (χ2n) is 9.60. The van der Waals surface area contributed by atoms with E-state index in [1.54, 1.807) is 4.90 Å². The number of halogens is 1. The minimum Gasteiger partial charge on any atom is -0.494 e. The number of carbonyl (C=O) groups excluding carboxylic acids is 2. The van der Waals surface area contributed by atoms with Crippen LogP contribution in [0.2, 0.25) is 0 Å². The van der Waals surface area contributed by atoms with Crippen molar-refractivity contribution in [3.8, 4) is 5.75 Å². The smallest absolute Gasteiger partial charge is 0.247 e. The summed E-state index contributed by atoms with van der Waals surface area (Å²) in [6.07, 6.45) is 15.3. The molecule has 5 nitrogen and oxygen atoms in total. The van der Waals surface area contributed by atoms with E-state index in [1.807, 2.05) is 24.3 Å². The molecule has 1 N–H and O–H groups in total. The van der Waals surface area contributed by atoms with Crippen molar-refractivity contribution < 1.29 is 14.3 Å². The highest BCUT2D eigenvalue weighted by Crippen LogP contribution is 2.28. The van der Waals surface area contributed by atoms with E-state index >= 15 is 0 Å². The van der Waals surface area contributed by atoms with Crippen LogP contribution in [0.1, 0.15) is 95.6 Å². The molecule has 2 amide bonds. The number of rotatable bonds is 12. The zero-order chi connectivity index (χ0) is 24.2. The summed E-state index contributed by atoms with van der Waals surface area (Å²) in [6, 6.07) is 7.12. The summed E-state index contributed by atoms with van der Waals surface area (Å²) >= 11 is 6.03. The van der Waals surface area contributed by atoms with Crippen molar-refractivity contribution in [1.82, 2.24) is 10.2 Å².